The van der Waals surface area contributed by atoms with E-state index >= 15 is 0 Å². The van der Waals surface area contributed by atoms with Gasteiger partial charge in [-0.15, -0.1) is 0 Å². The lowest BCUT2D eigenvalue weighted by atomic mass is 10.1. The van der Waals surface area contributed by atoms with Gasteiger partial charge in [0.15, 0.2) is 0 Å². The molecule has 3 fully saturated rings. The molecule has 4 nitrogen and oxygen atoms in total. The highest BCUT2D eigenvalue weighted by molar-refractivity contribution is 7.08. The smallest absolute Gasteiger partial charge is 0.228 e. The van der Waals surface area contributed by atoms with Crippen molar-refractivity contribution in [2.45, 2.75) is 31.3 Å². The van der Waals surface area contributed by atoms with Crippen LogP contribution in [0.1, 0.15) is 19.3 Å². The third-order valence-electron chi connectivity index (χ3n) is 4.91. The Hall–Kier alpha value is -0.910. The van der Waals surface area contributed by atoms with Crippen molar-refractivity contribution in [2.24, 2.45) is 5.92 Å². The zero-order valence-electron chi connectivity index (χ0n) is 11.5. The van der Waals surface area contributed by atoms with Gasteiger partial charge in [0, 0.05) is 37.5 Å². The van der Waals surface area contributed by atoms with Gasteiger partial charge in [0.1, 0.15) is 0 Å². The van der Waals surface area contributed by atoms with Gasteiger partial charge in [-0.1, -0.05) is 0 Å². The van der Waals surface area contributed by atoms with Crippen molar-refractivity contribution in [1.29, 1.82) is 0 Å². The van der Waals surface area contributed by atoms with E-state index in [-0.39, 0.29) is 0 Å². The van der Waals surface area contributed by atoms with Crippen LogP contribution in [-0.4, -0.2) is 49.2 Å². The Kier molecular flexibility index (Phi) is 3.28. The molecule has 0 radical (unpaired) electrons. The number of rotatable bonds is 3. The van der Waals surface area contributed by atoms with Crippen molar-refractivity contribution in [1.82, 2.24) is 4.90 Å². The molecule has 1 unspecified atom stereocenters. The SMILES string of the molecule is O=C1C[C@@H]2[C@H](CCN2CC2CCOC2)N1c1ccsc1. The molecule has 0 N–H and O–H groups in total. The molecule has 3 aliphatic rings. The molecule has 4 rings (SSSR count). The first-order valence-corrected chi connectivity index (χ1v) is 8.43. The van der Waals surface area contributed by atoms with Gasteiger partial charge in [0.25, 0.3) is 0 Å². The Labute approximate surface area is 123 Å². The van der Waals surface area contributed by atoms with E-state index in [0.29, 0.717) is 30.3 Å². The average molecular weight is 292 g/mol. The second kappa shape index (κ2) is 5.13. The lowest BCUT2D eigenvalue weighted by molar-refractivity contribution is -0.117. The molecule has 1 aromatic rings. The fourth-order valence-corrected chi connectivity index (χ4v) is 4.57. The summed E-state index contributed by atoms with van der Waals surface area (Å²) < 4.78 is 5.48. The van der Waals surface area contributed by atoms with Crippen molar-refractivity contribution < 1.29 is 9.53 Å². The summed E-state index contributed by atoms with van der Waals surface area (Å²) in [6.45, 7) is 4.04. The average Bonchev–Trinajstić information content (AvgIpc) is 3.16. The Morgan fingerprint density at radius 3 is 3.05 bits per heavy atom. The number of likely N-dealkylation sites (tertiary alicyclic amines) is 1. The number of nitrogens with zero attached hydrogens (tertiary/aromatic N) is 2. The standard InChI is InChI=1S/C15H20N2O2S/c18-15-7-14-13(17(15)12-3-6-20-10-12)1-4-16(14)8-11-2-5-19-9-11/h3,6,10-11,13-14H,1-2,4-5,7-9H2/t11?,13-,14+/m0/s1. The van der Waals surface area contributed by atoms with Crippen LogP contribution in [0.5, 0.6) is 0 Å². The highest BCUT2D eigenvalue weighted by Gasteiger charge is 2.47. The Bertz CT molecular complexity index is 484. The van der Waals surface area contributed by atoms with Crippen LogP contribution < -0.4 is 4.90 Å². The predicted molar refractivity (Wildman–Crippen MR) is 79.1 cm³/mol. The Morgan fingerprint density at radius 1 is 1.35 bits per heavy atom. The van der Waals surface area contributed by atoms with Crippen LogP contribution in [0.2, 0.25) is 0 Å². The highest BCUT2D eigenvalue weighted by Crippen LogP contribution is 2.37. The predicted octanol–water partition coefficient (Wildman–Crippen LogP) is 1.96. The molecule has 0 bridgehead atoms. The van der Waals surface area contributed by atoms with Gasteiger partial charge in [0.2, 0.25) is 5.91 Å². The summed E-state index contributed by atoms with van der Waals surface area (Å²) in [6, 6.07) is 2.88. The maximum Gasteiger partial charge on any atom is 0.228 e. The van der Waals surface area contributed by atoms with Crippen molar-refractivity contribution >= 4 is 22.9 Å². The first kappa shape index (κ1) is 12.8. The molecule has 1 aromatic heterocycles. The van der Waals surface area contributed by atoms with E-state index < -0.39 is 0 Å². The lowest BCUT2D eigenvalue weighted by Crippen LogP contribution is -2.39. The normalized spacial score (nSPS) is 34.1. The molecule has 3 saturated heterocycles. The quantitative estimate of drug-likeness (QED) is 0.854. The van der Waals surface area contributed by atoms with Crippen molar-refractivity contribution in [3.8, 4) is 0 Å². The third-order valence-corrected chi connectivity index (χ3v) is 5.58. The van der Waals surface area contributed by atoms with Crippen LogP contribution in [0.15, 0.2) is 16.8 Å². The second-order valence-corrected chi connectivity index (χ2v) is 6.88. The van der Waals surface area contributed by atoms with Crippen LogP contribution in [0.4, 0.5) is 5.69 Å². The summed E-state index contributed by atoms with van der Waals surface area (Å²) in [5, 5.41) is 4.15. The summed E-state index contributed by atoms with van der Waals surface area (Å²) in [5.41, 5.74) is 1.10. The van der Waals surface area contributed by atoms with E-state index in [0.717, 1.165) is 38.4 Å². The number of ether oxygens (including phenoxy) is 1. The van der Waals surface area contributed by atoms with Crippen molar-refractivity contribution in [3.05, 3.63) is 16.8 Å². The number of hydrogen-bond donors (Lipinski definition) is 0. The molecular weight excluding hydrogens is 272 g/mol. The monoisotopic (exact) mass is 292 g/mol. The summed E-state index contributed by atoms with van der Waals surface area (Å²) in [4.78, 5) is 16.9. The molecule has 3 atom stereocenters. The zero-order valence-corrected chi connectivity index (χ0v) is 12.3. The second-order valence-electron chi connectivity index (χ2n) is 6.10. The number of carbonyl (C=O) groups excluding carboxylic acids is 1. The molecule has 108 valence electrons. The number of fused-ring (bicyclic) bond motifs is 1. The van der Waals surface area contributed by atoms with Gasteiger partial charge < -0.3 is 9.64 Å². The first-order valence-electron chi connectivity index (χ1n) is 7.49. The molecule has 1 amide bonds. The molecule has 0 saturated carbocycles. The van der Waals surface area contributed by atoms with Gasteiger partial charge in [-0.2, -0.15) is 11.3 Å². The van der Waals surface area contributed by atoms with Crippen LogP contribution in [0, 0.1) is 5.92 Å². The molecule has 0 aliphatic carbocycles. The van der Waals surface area contributed by atoms with Gasteiger partial charge in [-0.3, -0.25) is 9.69 Å². The Morgan fingerprint density at radius 2 is 2.30 bits per heavy atom. The molecule has 5 heteroatoms. The lowest BCUT2D eigenvalue weighted by Gasteiger charge is -2.26. The summed E-state index contributed by atoms with van der Waals surface area (Å²) >= 11 is 1.67. The van der Waals surface area contributed by atoms with E-state index in [4.69, 9.17) is 4.74 Å². The maximum atomic E-state index is 12.3. The minimum atomic E-state index is 0.297. The van der Waals surface area contributed by atoms with E-state index in [1.165, 1.54) is 6.42 Å². The summed E-state index contributed by atoms with van der Waals surface area (Å²) in [5.74, 6) is 0.963. The number of amides is 1. The largest absolute Gasteiger partial charge is 0.381 e. The fourth-order valence-electron chi connectivity index (χ4n) is 3.94. The van der Waals surface area contributed by atoms with Crippen LogP contribution in [-0.2, 0) is 9.53 Å². The molecule has 0 spiro atoms. The number of anilines is 1. The maximum absolute atomic E-state index is 12.3. The minimum absolute atomic E-state index is 0.297. The molecular formula is C15H20N2O2S. The third kappa shape index (κ3) is 2.08. The topological polar surface area (TPSA) is 32.8 Å². The number of thiophene rings is 1. The van der Waals surface area contributed by atoms with Crippen LogP contribution in [0.25, 0.3) is 0 Å². The Balaban J connectivity index is 1.49. The first-order chi connectivity index (χ1) is 9.83. The zero-order chi connectivity index (χ0) is 13.5. The fraction of sp³-hybridized carbons (Fsp3) is 0.667. The summed E-state index contributed by atoms with van der Waals surface area (Å²) in [7, 11) is 0. The molecule has 4 heterocycles. The number of carbonyl (C=O) groups is 1. The van der Waals surface area contributed by atoms with Gasteiger partial charge >= 0.3 is 0 Å². The van der Waals surface area contributed by atoms with Crippen LogP contribution >= 0.6 is 11.3 Å². The van der Waals surface area contributed by atoms with E-state index in [2.05, 4.69) is 21.7 Å². The minimum Gasteiger partial charge on any atom is -0.381 e. The van der Waals surface area contributed by atoms with Crippen molar-refractivity contribution in [2.75, 3.05) is 31.2 Å². The van der Waals surface area contributed by atoms with E-state index in [9.17, 15) is 4.79 Å². The molecule has 0 aromatic carbocycles. The van der Waals surface area contributed by atoms with Gasteiger partial charge in [0.05, 0.1) is 18.3 Å². The summed E-state index contributed by atoms with van der Waals surface area (Å²) in [6.07, 6.45) is 2.98. The van der Waals surface area contributed by atoms with E-state index in [1.54, 1.807) is 11.3 Å². The van der Waals surface area contributed by atoms with E-state index in [1.807, 2.05) is 4.90 Å². The van der Waals surface area contributed by atoms with Gasteiger partial charge in [-0.25, -0.2) is 0 Å². The molecule has 3 aliphatic heterocycles. The highest BCUT2D eigenvalue weighted by atomic mass is 32.1. The van der Waals surface area contributed by atoms with Crippen LogP contribution in [0.3, 0.4) is 0 Å². The molecule has 20 heavy (non-hydrogen) atoms. The van der Waals surface area contributed by atoms with Gasteiger partial charge in [-0.05, 0) is 30.2 Å². The van der Waals surface area contributed by atoms with Crippen molar-refractivity contribution in [3.63, 3.8) is 0 Å². The number of hydrogen-bond acceptors (Lipinski definition) is 4.